The number of hydrogen-bond acceptors (Lipinski definition) is 5. The molecule has 0 radical (unpaired) electrons. The molecule has 1 N–H and O–H groups in total. The van der Waals surface area contributed by atoms with Crippen molar-refractivity contribution in [2.75, 3.05) is 5.32 Å². The van der Waals surface area contributed by atoms with E-state index in [1.807, 2.05) is 18.2 Å². The molecule has 1 heterocycles. The van der Waals surface area contributed by atoms with Gasteiger partial charge < -0.3 is 9.73 Å². The van der Waals surface area contributed by atoms with Crippen molar-refractivity contribution in [2.24, 2.45) is 0 Å². The van der Waals surface area contributed by atoms with Crippen LogP contribution in [0.2, 0.25) is 5.02 Å². The van der Waals surface area contributed by atoms with Gasteiger partial charge in [0.15, 0.2) is 5.58 Å². The molecule has 4 rings (SSSR count). The average molecular weight is 450 g/mol. The molecule has 0 aliphatic carbocycles. The molecule has 0 fully saturated rings. The number of rotatable bonds is 6. The zero-order valence-corrected chi connectivity index (χ0v) is 18.2. The number of oxazole rings is 1. The lowest BCUT2D eigenvalue weighted by molar-refractivity contribution is -0.385. The third-order valence-electron chi connectivity index (χ3n) is 5.40. The summed E-state index contributed by atoms with van der Waals surface area (Å²) in [4.78, 5) is 27.9. The second-order valence-electron chi connectivity index (χ2n) is 7.48. The van der Waals surface area contributed by atoms with E-state index in [-0.39, 0.29) is 16.3 Å². The van der Waals surface area contributed by atoms with Gasteiger partial charge >= 0.3 is 0 Å². The minimum Gasteiger partial charge on any atom is -0.436 e. The number of benzene rings is 3. The molecule has 0 aliphatic rings. The lowest BCUT2D eigenvalue weighted by Crippen LogP contribution is -2.14. The van der Waals surface area contributed by atoms with E-state index in [2.05, 4.69) is 24.1 Å². The van der Waals surface area contributed by atoms with E-state index in [0.29, 0.717) is 28.6 Å². The van der Waals surface area contributed by atoms with Crippen LogP contribution in [0, 0.1) is 10.1 Å². The summed E-state index contributed by atoms with van der Waals surface area (Å²) in [6.45, 7) is 4.30. The normalized spacial score (nSPS) is 12.0. The van der Waals surface area contributed by atoms with E-state index in [4.69, 9.17) is 16.0 Å². The minimum atomic E-state index is -0.632. The van der Waals surface area contributed by atoms with Crippen LogP contribution in [-0.4, -0.2) is 15.8 Å². The standard InChI is InChI=1S/C24H20ClN3O4/c1-3-14(2)15-9-11-22-20(12-15)27-24(32-22)16-8-10-18(25)19(13-16)26-23(29)17-6-4-5-7-21(17)28(30)31/h4-14H,3H2,1-2H3,(H,26,29)/t14-/m1/s1. The lowest BCUT2D eigenvalue weighted by atomic mass is 9.98. The predicted molar refractivity (Wildman–Crippen MR) is 124 cm³/mol. The maximum Gasteiger partial charge on any atom is 0.282 e. The summed E-state index contributed by atoms with van der Waals surface area (Å²) in [7, 11) is 0. The summed E-state index contributed by atoms with van der Waals surface area (Å²) in [5.74, 6) is 0.171. The molecule has 1 amide bonds. The van der Waals surface area contributed by atoms with Crippen molar-refractivity contribution in [1.29, 1.82) is 0 Å². The Hall–Kier alpha value is -3.71. The number of nitrogens with zero attached hydrogens (tertiary/aromatic N) is 2. The van der Waals surface area contributed by atoms with E-state index in [0.717, 1.165) is 11.9 Å². The van der Waals surface area contributed by atoms with Crippen molar-refractivity contribution in [2.45, 2.75) is 26.2 Å². The second kappa shape index (κ2) is 8.80. The van der Waals surface area contributed by atoms with Crippen LogP contribution in [0.3, 0.4) is 0 Å². The number of nitro groups is 1. The molecule has 7 nitrogen and oxygen atoms in total. The zero-order chi connectivity index (χ0) is 22.8. The van der Waals surface area contributed by atoms with Crippen molar-refractivity contribution in [1.82, 2.24) is 4.98 Å². The van der Waals surface area contributed by atoms with E-state index < -0.39 is 10.8 Å². The molecule has 162 valence electrons. The number of anilines is 1. The second-order valence-corrected chi connectivity index (χ2v) is 7.89. The van der Waals surface area contributed by atoms with E-state index in [9.17, 15) is 14.9 Å². The number of para-hydroxylation sites is 1. The molecule has 4 aromatic rings. The first-order valence-corrected chi connectivity index (χ1v) is 10.5. The number of halogens is 1. The maximum atomic E-state index is 12.7. The molecule has 3 aromatic carbocycles. The number of nitro benzene ring substituents is 1. The van der Waals surface area contributed by atoms with Gasteiger partial charge in [0.25, 0.3) is 11.6 Å². The average Bonchev–Trinajstić information content (AvgIpc) is 3.23. The fourth-order valence-electron chi connectivity index (χ4n) is 3.38. The van der Waals surface area contributed by atoms with Crippen molar-refractivity contribution >= 4 is 40.0 Å². The highest BCUT2D eigenvalue weighted by Gasteiger charge is 2.20. The smallest absolute Gasteiger partial charge is 0.282 e. The number of nitrogens with one attached hydrogen (secondary N) is 1. The van der Waals surface area contributed by atoms with Crippen molar-refractivity contribution in [3.63, 3.8) is 0 Å². The molecule has 0 spiro atoms. The highest BCUT2D eigenvalue weighted by atomic mass is 35.5. The van der Waals surface area contributed by atoms with Crippen LogP contribution in [0.5, 0.6) is 0 Å². The molecule has 32 heavy (non-hydrogen) atoms. The number of carbonyl (C=O) groups is 1. The van der Waals surface area contributed by atoms with Gasteiger partial charge in [0.1, 0.15) is 11.1 Å². The fourth-order valence-corrected chi connectivity index (χ4v) is 3.54. The molecule has 0 aliphatic heterocycles. The number of carbonyl (C=O) groups excluding carboxylic acids is 1. The molecule has 0 saturated heterocycles. The first kappa shape index (κ1) is 21.5. The van der Waals surface area contributed by atoms with Crippen LogP contribution in [-0.2, 0) is 0 Å². The lowest BCUT2D eigenvalue weighted by Gasteiger charge is -2.09. The SMILES string of the molecule is CC[C@@H](C)c1ccc2oc(-c3ccc(Cl)c(NC(=O)c4ccccc4[N+](=O)[O-])c3)nc2c1. The van der Waals surface area contributed by atoms with Gasteiger partial charge in [0.2, 0.25) is 5.89 Å². The van der Waals surface area contributed by atoms with Gasteiger partial charge in [-0.15, -0.1) is 0 Å². The van der Waals surface area contributed by atoms with E-state index in [1.54, 1.807) is 24.3 Å². The monoisotopic (exact) mass is 449 g/mol. The van der Waals surface area contributed by atoms with Crippen LogP contribution in [0.25, 0.3) is 22.6 Å². The Labute approximate surface area is 189 Å². The molecule has 8 heteroatoms. The molecular weight excluding hydrogens is 430 g/mol. The van der Waals surface area contributed by atoms with Gasteiger partial charge in [0, 0.05) is 11.6 Å². The van der Waals surface area contributed by atoms with Crippen molar-refractivity contribution < 1.29 is 14.1 Å². The molecule has 0 unspecified atom stereocenters. The van der Waals surface area contributed by atoms with Gasteiger partial charge in [-0.25, -0.2) is 4.98 Å². The minimum absolute atomic E-state index is 0.0570. The summed E-state index contributed by atoms with van der Waals surface area (Å²) < 4.78 is 5.90. The Kier molecular flexibility index (Phi) is 5.92. The molecule has 1 aromatic heterocycles. The van der Waals surface area contributed by atoms with Crippen LogP contribution in [0.4, 0.5) is 11.4 Å². The fraction of sp³-hybridized carbons (Fsp3) is 0.167. The summed E-state index contributed by atoms with van der Waals surface area (Å²) in [6.07, 6.45) is 1.02. The number of hydrogen-bond donors (Lipinski definition) is 1. The van der Waals surface area contributed by atoms with Crippen LogP contribution >= 0.6 is 11.6 Å². The Morgan fingerprint density at radius 2 is 1.97 bits per heavy atom. The van der Waals surface area contributed by atoms with Crippen LogP contribution < -0.4 is 5.32 Å². The highest BCUT2D eigenvalue weighted by Crippen LogP contribution is 2.32. The van der Waals surface area contributed by atoms with Gasteiger partial charge in [0.05, 0.1) is 15.6 Å². The summed E-state index contributed by atoms with van der Waals surface area (Å²) in [5.41, 5.74) is 3.18. The van der Waals surface area contributed by atoms with Gasteiger partial charge in [-0.2, -0.15) is 0 Å². The predicted octanol–water partition coefficient (Wildman–Crippen LogP) is 6.82. The summed E-state index contributed by atoms with van der Waals surface area (Å²) >= 11 is 6.27. The molecule has 0 bridgehead atoms. The molecular formula is C24H20ClN3O4. The third-order valence-corrected chi connectivity index (χ3v) is 5.73. The van der Waals surface area contributed by atoms with Crippen molar-refractivity contribution in [3.05, 3.63) is 86.9 Å². The van der Waals surface area contributed by atoms with E-state index >= 15 is 0 Å². The Bertz CT molecular complexity index is 1330. The first-order valence-electron chi connectivity index (χ1n) is 10.1. The maximum absolute atomic E-state index is 12.7. The Morgan fingerprint density at radius 3 is 2.72 bits per heavy atom. The largest absolute Gasteiger partial charge is 0.436 e. The summed E-state index contributed by atoms with van der Waals surface area (Å²) in [6, 6.07) is 16.7. The van der Waals surface area contributed by atoms with Crippen LogP contribution in [0.1, 0.15) is 42.1 Å². The Balaban J connectivity index is 1.66. The Morgan fingerprint density at radius 1 is 1.19 bits per heavy atom. The zero-order valence-electron chi connectivity index (χ0n) is 17.5. The van der Waals surface area contributed by atoms with Gasteiger partial charge in [-0.3, -0.25) is 14.9 Å². The number of fused-ring (bicyclic) bond motifs is 1. The molecule has 0 saturated carbocycles. The van der Waals surface area contributed by atoms with Crippen molar-refractivity contribution in [3.8, 4) is 11.5 Å². The van der Waals surface area contributed by atoms with Crippen LogP contribution in [0.15, 0.2) is 65.1 Å². The summed E-state index contributed by atoms with van der Waals surface area (Å²) in [5, 5.41) is 14.2. The number of aromatic nitrogens is 1. The topological polar surface area (TPSA) is 98.3 Å². The third kappa shape index (κ3) is 4.20. The van der Waals surface area contributed by atoms with Gasteiger partial charge in [-0.1, -0.05) is 43.6 Å². The quantitative estimate of drug-likeness (QED) is 0.257. The first-order chi connectivity index (χ1) is 15.4. The van der Waals surface area contributed by atoms with E-state index in [1.165, 1.54) is 23.8 Å². The highest BCUT2D eigenvalue weighted by molar-refractivity contribution is 6.34. The molecule has 1 atom stereocenters. The number of amides is 1. The van der Waals surface area contributed by atoms with Gasteiger partial charge in [-0.05, 0) is 54.3 Å².